The highest BCUT2D eigenvalue weighted by Crippen LogP contribution is 2.30. The Bertz CT molecular complexity index is 525. The molecule has 2 rings (SSSR count). The van der Waals surface area contributed by atoms with E-state index in [0.29, 0.717) is 5.25 Å². The van der Waals surface area contributed by atoms with Gasteiger partial charge in [-0.1, -0.05) is 42.5 Å². The van der Waals surface area contributed by atoms with E-state index in [0.717, 1.165) is 11.3 Å². The molecule has 0 radical (unpaired) electrons. The number of hydrogen-bond donors (Lipinski definition) is 0. The summed E-state index contributed by atoms with van der Waals surface area (Å²) in [6.07, 6.45) is 0. The summed E-state index contributed by atoms with van der Waals surface area (Å²) < 4.78 is 0. The minimum absolute atomic E-state index is 0.488. The summed E-state index contributed by atoms with van der Waals surface area (Å²) in [6, 6.07) is 20.5. The van der Waals surface area contributed by atoms with E-state index in [-0.39, 0.29) is 0 Å². The van der Waals surface area contributed by atoms with Crippen LogP contribution >= 0.6 is 11.8 Å². The van der Waals surface area contributed by atoms with Crippen LogP contribution in [-0.2, 0) is 5.75 Å². The lowest BCUT2D eigenvalue weighted by molar-refractivity contribution is 1.09. The summed E-state index contributed by atoms with van der Waals surface area (Å²) in [6.45, 7) is 2.23. The summed E-state index contributed by atoms with van der Waals surface area (Å²) in [4.78, 5) is 0. The molecule has 0 fully saturated rings. The molecule has 0 bridgehead atoms. The first-order chi connectivity index (χ1) is 8.79. The Hall–Kier alpha value is -1.72. The van der Waals surface area contributed by atoms with Crippen molar-refractivity contribution in [2.75, 3.05) is 0 Å². The Morgan fingerprint density at radius 1 is 1.06 bits per heavy atom. The van der Waals surface area contributed by atoms with E-state index in [1.807, 2.05) is 42.1 Å². The van der Waals surface area contributed by atoms with Crippen molar-refractivity contribution >= 4 is 11.8 Å². The van der Waals surface area contributed by atoms with Gasteiger partial charge in [-0.15, -0.1) is 11.8 Å². The Balaban J connectivity index is 1.93. The van der Waals surface area contributed by atoms with Crippen molar-refractivity contribution in [3.05, 3.63) is 71.3 Å². The van der Waals surface area contributed by atoms with Crippen LogP contribution in [0.15, 0.2) is 54.6 Å². The lowest BCUT2D eigenvalue weighted by Crippen LogP contribution is -1.89. The van der Waals surface area contributed by atoms with Gasteiger partial charge >= 0.3 is 0 Å². The third-order valence-corrected chi connectivity index (χ3v) is 4.12. The van der Waals surface area contributed by atoms with Crippen molar-refractivity contribution in [1.29, 1.82) is 5.26 Å². The number of benzene rings is 2. The molecule has 2 aromatic rings. The Kier molecular flexibility index (Phi) is 4.44. The van der Waals surface area contributed by atoms with E-state index >= 15 is 0 Å². The summed E-state index contributed by atoms with van der Waals surface area (Å²) in [7, 11) is 0. The molecule has 1 unspecified atom stereocenters. The Morgan fingerprint density at radius 3 is 2.33 bits per heavy atom. The fourth-order valence-electron chi connectivity index (χ4n) is 1.72. The van der Waals surface area contributed by atoms with Gasteiger partial charge in [0.1, 0.15) is 0 Å². The standard InChI is InChI=1S/C16H15NS/c1-13(16-5-3-2-4-6-16)18-12-15-9-7-14(11-17)8-10-15/h2-10,13H,12H2,1H3. The molecular formula is C16H15NS. The second-order valence-corrected chi connectivity index (χ2v) is 5.50. The predicted molar refractivity (Wildman–Crippen MR) is 77.3 cm³/mol. The van der Waals surface area contributed by atoms with Gasteiger partial charge in [0.25, 0.3) is 0 Å². The van der Waals surface area contributed by atoms with E-state index in [1.165, 1.54) is 11.1 Å². The first-order valence-corrected chi connectivity index (χ1v) is 7.00. The average Bonchev–Trinajstić information content (AvgIpc) is 2.46. The van der Waals surface area contributed by atoms with Gasteiger partial charge in [0.2, 0.25) is 0 Å². The van der Waals surface area contributed by atoms with E-state index in [9.17, 15) is 0 Å². The zero-order chi connectivity index (χ0) is 12.8. The number of nitriles is 1. The molecule has 90 valence electrons. The van der Waals surface area contributed by atoms with Crippen LogP contribution in [0.5, 0.6) is 0 Å². The Morgan fingerprint density at radius 2 is 1.72 bits per heavy atom. The van der Waals surface area contributed by atoms with Gasteiger partial charge in [-0.05, 0) is 30.2 Å². The predicted octanol–water partition coefficient (Wildman–Crippen LogP) is 4.55. The fraction of sp³-hybridized carbons (Fsp3) is 0.188. The number of hydrogen-bond acceptors (Lipinski definition) is 2. The molecule has 1 nitrogen and oxygen atoms in total. The number of rotatable bonds is 4. The third kappa shape index (κ3) is 3.38. The van der Waals surface area contributed by atoms with Crippen molar-refractivity contribution < 1.29 is 0 Å². The zero-order valence-electron chi connectivity index (χ0n) is 10.3. The molecule has 0 heterocycles. The van der Waals surface area contributed by atoms with Crippen molar-refractivity contribution in [2.24, 2.45) is 0 Å². The second kappa shape index (κ2) is 6.28. The smallest absolute Gasteiger partial charge is 0.0991 e. The van der Waals surface area contributed by atoms with Gasteiger partial charge in [-0.2, -0.15) is 5.26 Å². The normalized spacial score (nSPS) is 11.8. The summed E-state index contributed by atoms with van der Waals surface area (Å²) in [5, 5.41) is 9.23. The van der Waals surface area contributed by atoms with Crippen LogP contribution in [0.1, 0.15) is 28.9 Å². The van der Waals surface area contributed by atoms with Crippen LogP contribution in [0.25, 0.3) is 0 Å². The van der Waals surface area contributed by atoms with Gasteiger partial charge in [-0.25, -0.2) is 0 Å². The molecular weight excluding hydrogens is 238 g/mol. The van der Waals surface area contributed by atoms with Gasteiger partial charge in [0, 0.05) is 11.0 Å². The quantitative estimate of drug-likeness (QED) is 0.798. The van der Waals surface area contributed by atoms with Crippen LogP contribution in [0.3, 0.4) is 0 Å². The monoisotopic (exact) mass is 253 g/mol. The summed E-state index contributed by atoms with van der Waals surface area (Å²) >= 11 is 1.91. The molecule has 0 aliphatic rings. The van der Waals surface area contributed by atoms with E-state index < -0.39 is 0 Å². The summed E-state index contributed by atoms with van der Waals surface area (Å²) in [5.41, 5.74) is 3.35. The molecule has 0 aliphatic heterocycles. The van der Waals surface area contributed by atoms with E-state index in [2.05, 4.69) is 37.3 Å². The van der Waals surface area contributed by atoms with E-state index in [4.69, 9.17) is 5.26 Å². The third-order valence-electron chi connectivity index (χ3n) is 2.85. The fourth-order valence-corrected chi connectivity index (χ4v) is 2.70. The molecule has 0 N–H and O–H groups in total. The SMILES string of the molecule is CC(SCc1ccc(C#N)cc1)c1ccccc1. The highest BCUT2D eigenvalue weighted by Gasteiger charge is 2.05. The van der Waals surface area contributed by atoms with Crippen LogP contribution in [0.4, 0.5) is 0 Å². The van der Waals surface area contributed by atoms with Gasteiger partial charge in [0.05, 0.1) is 11.6 Å². The lowest BCUT2D eigenvalue weighted by Gasteiger charge is -2.11. The van der Waals surface area contributed by atoms with Crippen molar-refractivity contribution in [3.8, 4) is 6.07 Å². The highest BCUT2D eigenvalue weighted by atomic mass is 32.2. The maximum Gasteiger partial charge on any atom is 0.0991 e. The van der Waals surface area contributed by atoms with Crippen LogP contribution in [0.2, 0.25) is 0 Å². The molecule has 0 saturated carbocycles. The maximum absolute atomic E-state index is 8.74. The zero-order valence-corrected chi connectivity index (χ0v) is 11.2. The maximum atomic E-state index is 8.74. The second-order valence-electron chi connectivity index (χ2n) is 4.17. The van der Waals surface area contributed by atoms with Crippen LogP contribution in [-0.4, -0.2) is 0 Å². The van der Waals surface area contributed by atoms with Gasteiger partial charge in [0.15, 0.2) is 0 Å². The largest absolute Gasteiger partial charge is 0.192 e. The highest BCUT2D eigenvalue weighted by molar-refractivity contribution is 7.98. The molecule has 2 aromatic carbocycles. The molecule has 0 aliphatic carbocycles. The molecule has 1 atom stereocenters. The van der Waals surface area contributed by atoms with Gasteiger partial charge < -0.3 is 0 Å². The first-order valence-electron chi connectivity index (χ1n) is 5.95. The van der Waals surface area contributed by atoms with Crippen molar-refractivity contribution in [3.63, 3.8) is 0 Å². The minimum atomic E-state index is 0.488. The molecule has 0 aromatic heterocycles. The van der Waals surface area contributed by atoms with Gasteiger partial charge in [-0.3, -0.25) is 0 Å². The molecule has 0 amide bonds. The molecule has 2 heteroatoms. The summed E-state index contributed by atoms with van der Waals surface area (Å²) in [5.74, 6) is 0.974. The topological polar surface area (TPSA) is 23.8 Å². The van der Waals surface area contributed by atoms with E-state index in [1.54, 1.807) is 0 Å². The van der Waals surface area contributed by atoms with Crippen LogP contribution < -0.4 is 0 Å². The van der Waals surface area contributed by atoms with Crippen molar-refractivity contribution in [1.82, 2.24) is 0 Å². The molecule has 0 spiro atoms. The minimum Gasteiger partial charge on any atom is -0.192 e. The average molecular weight is 253 g/mol. The lowest BCUT2D eigenvalue weighted by atomic mass is 10.2. The number of nitrogens with zero attached hydrogens (tertiary/aromatic N) is 1. The molecule has 18 heavy (non-hydrogen) atoms. The molecule has 0 saturated heterocycles. The van der Waals surface area contributed by atoms with Crippen molar-refractivity contribution in [2.45, 2.75) is 17.9 Å². The number of thioether (sulfide) groups is 1. The first kappa shape index (κ1) is 12.7. The Labute approximate surface area is 112 Å². The van der Waals surface area contributed by atoms with Crippen LogP contribution in [0, 0.1) is 11.3 Å².